The molecule has 1 amide bonds. The van der Waals surface area contributed by atoms with Crippen LogP contribution in [0.2, 0.25) is 0 Å². The Morgan fingerprint density at radius 3 is 2.89 bits per heavy atom. The summed E-state index contributed by atoms with van der Waals surface area (Å²) in [7, 11) is 0. The minimum atomic E-state index is -0.389. The molecule has 1 aliphatic rings. The first-order valence-corrected chi connectivity index (χ1v) is 6.86. The van der Waals surface area contributed by atoms with Gasteiger partial charge < -0.3 is 14.6 Å². The number of hydrogen-bond donors (Lipinski definition) is 1. The van der Waals surface area contributed by atoms with Crippen molar-refractivity contribution in [2.45, 2.75) is 39.5 Å². The van der Waals surface area contributed by atoms with Crippen molar-refractivity contribution in [1.29, 1.82) is 0 Å². The van der Waals surface area contributed by atoms with Crippen LogP contribution in [0.25, 0.3) is 0 Å². The molecule has 0 aliphatic carbocycles. The Morgan fingerprint density at radius 1 is 1.42 bits per heavy atom. The summed E-state index contributed by atoms with van der Waals surface area (Å²) in [4.78, 5) is 28.7. The summed E-state index contributed by atoms with van der Waals surface area (Å²) < 4.78 is 5.03. The van der Waals surface area contributed by atoms with Gasteiger partial charge in [-0.25, -0.2) is 4.79 Å². The molecule has 0 unspecified atom stereocenters. The highest BCUT2D eigenvalue weighted by Crippen LogP contribution is 2.32. The predicted molar refractivity (Wildman–Crippen MR) is 72.3 cm³/mol. The number of aromatic amines is 1. The van der Waals surface area contributed by atoms with Gasteiger partial charge in [0, 0.05) is 19.2 Å². The molecule has 19 heavy (non-hydrogen) atoms. The standard InChI is InChI=1S/C14H20N2O3/c1-3-5-8-16-11(17)7-6-10-9-15-12(13(10)16)14(18)19-4-2/h9,15H,3-8H2,1-2H3. The minimum absolute atomic E-state index is 0.0890. The van der Waals surface area contributed by atoms with E-state index >= 15 is 0 Å². The lowest BCUT2D eigenvalue weighted by molar-refractivity contribution is -0.118. The SMILES string of the molecule is CCCCN1C(=O)CCc2c[nH]c(C(=O)OCC)c21. The van der Waals surface area contributed by atoms with E-state index in [1.165, 1.54) is 0 Å². The number of nitrogens with one attached hydrogen (secondary N) is 1. The second-order valence-electron chi connectivity index (χ2n) is 4.66. The highest BCUT2D eigenvalue weighted by Gasteiger charge is 2.30. The van der Waals surface area contributed by atoms with E-state index in [9.17, 15) is 9.59 Å². The Balaban J connectivity index is 2.32. The number of unbranched alkanes of at least 4 members (excludes halogenated alkanes) is 1. The summed E-state index contributed by atoms with van der Waals surface area (Å²) in [6.07, 6.45) is 4.95. The van der Waals surface area contributed by atoms with Crippen LogP contribution >= 0.6 is 0 Å². The van der Waals surface area contributed by atoms with Gasteiger partial charge in [0.25, 0.3) is 0 Å². The summed E-state index contributed by atoms with van der Waals surface area (Å²) in [5.74, 6) is -0.300. The second-order valence-corrected chi connectivity index (χ2v) is 4.66. The highest BCUT2D eigenvalue weighted by molar-refractivity contribution is 6.04. The summed E-state index contributed by atoms with van der Waals surface area (Å²) in [6.45, 7) is 4.84. The van der Waals surface area contributed by atoms with E-state index in [0.717, 1.165) is 24.1 Å². The number of anilines is 1. The number of carbonyl (C=O) groups is 2. The van der Waals surface area contributed by atoms with Crippen LogP contribution in [0.1, 0.15) is 49.2 Å². The fourth-order valence-electron chi connectivity index (χ4n) is 2.37. The third-order valence-corrected chi connectivity index (χ3v) is 3.33. The number of aryl methyl sites for hydroxylation is 1. The van der Waals surface area contributed by atoms with Crippen molar-refractivity contribution < 1.29 is 14.3 Å². The molecule has 0 radical (unpaired) electrons. The molecular weight excluding hydrogens is 244 g/mol. The van der Waals surface area contributed by atoms with Crippen LogP contribution in [0.15, 0.2) is 6.20 Å². The molecule has 1 aliphatic heterocycles. The number of carbonyl (C=O) groups excluding carboxylic acids is 2. The molecule has 0 bridgehead atoms. The van der Waals surface area contributed by atoms with E-state index in [0.29, 0.717) is 31.7 Å². The number of hydrogen-bond acceptors (Lipinski definition) is 3. The maximum absolute atomic E-state index is 12.1. The largest absolute Gasteiger partial charge is 0.461 e. The van der Waals surface area contributed by atoms with E-state index in [1.54, 1.807) is 11.8 Å². The van der Waals surface area contributed by atoms with Gasteiger partial charge in [-0.05, 0) is 25.3 Å². The van der Waals surface area contributed by atoms with Crippen molar-refractivity contribution >= 4 is 17.6 Å². The quantitative estimate of drug-likeness (QED) is 0.830. The van der Waals surface area contributed by atoms with Crippen LogP contribution in [0.4, 0.5) is 5.69 Å². The van der Waals surface area contributed by atoms with Crippen molar-refractivity contribution in [3.05, 3.63) is 17.5 Å². The van der Waals surface area contributed by atoms with Crippen LogP contribution in [-0.2, 0) is 16.0 Å². The topological polar surface area (TPSA) is 62.4 Å². The van der Waals surface area contributed by atoms with Crippen LogP contribution in [-0.4, -0.2) is 30.0 Å². The van der Waals surface area contributed by atoms with Gasteiger partial charge >= 0.3 is 5.97 Å². The monoisotopic (exact) mass is 264 g/mol. The van der Waals surface area contributed by atoms with Gasteiger partial charge in [0.15, 0.2) is 0 Å². The van der Waals surface area contributed by atoms with Crippen LogP contribution in [0.3, 0.4) is 0 Å². The van der Waals surface area contributed by atoms with Crippen LogP contribution < -0.4 is 4.90 Å². The van der Waals surface area contributed by atoms with Crippen LogP contribution in [0, 0.1) is 0 Å². The maximum atomic E-state index is 12.1. The van der Waals surface area contributed by atoms with E-state index in [1.807, 2.05) is 6.20 Å². The number of rotatable bonds is 5. The van der Waals surface area contributed by atoms with Crippen LogP contribution in [0.5, 0.6) is 0 Å². The number of esters is 1. The van der Waals surface area contributed by atoms with Crippen molar-refractivity contribution in [2.75, 3.05) is 18.1 Å². The molecule has 5 heteroatoms. The molecule has 0 saturated heterocycles. The number of H-pyrrole nitrogens is 1. The maximum Gasteiger partial charge on any atom is 0.356 e. The summed E-state index contributed by atoms with van der Waals surface area (Å²) in [6, 6.07) is 0. The van der Waals surface area contributed by atoms with E-state index < -0.39 is 0 Å². The van der Waals surface area contributed by atoms with E-state index in [2.05, 4.69) is 11.9 Å². The predicted octanol–water partition coefficient (Wildman–Crippen LogP) is 2.27. The zero-order valence-corrected chi connectivity index (χ0v) is 11.5. The molecule has 2 heterocycles. The summed E-state index contributed by atoms with van der Waals surface area (Å²) >= 11 is 0. The van der Waals surface area contributed by atoms with Gasteiger partial charge in [-0.1, -0.05) is 13.3 Å². The Bertz CT molecular complexity index is 479. The average Bonchev–Trinajstić information content (AvgIpc) is 2.82. The lowest BCUT2D eigenvalue weighted by atomic mass is 10.0. The number of fused-ring (bicyclic) bond motifs is 1. The number of nitrogens with zero attached hydrogens (tertiary/aromatic N) is 1. The Kier molecular flexibility index (Phi) is 4.24. The third-order valence-electron chi connectivity index (χ3n) is 3.33. The normalized spacial score (nSPS) is 14.4. The molecule has 0 fully saturated rings. The van der Waals surface area contributed by atoms with Gasteiger partial charge in [0.05, 0.1) is 12.3 Å². The van der Waals surface area contributed by atoms with Crippen molar-refractivity contribution in [3.63, 3.8) is 0 Å². The lowest BCUT2D eigenvalue weighted by Gasteiger charge is -2.27. The summed E-state index contributed by atoms with van der Waals surface area (Å²) in [5, 5.41) is 0. The zero-order chi connectivity index (χ0) is 13.8. The molecule has 104 valence electrons. The molecule has 2 rings (SSSR count). The van der Waals surface area contributed by atoms with Gasteiger partial charge in [0.2, 0.25) is 5.91 Å². The first-order chi connectivity index (χ1) is 9.19. The molecular formula is C14H20N2O3. The summed E-state index contributed by atoms with van der Waals surface area (Å²) in [5.41, 5.74) is 2.16. The Morgan fingerprint density at radius 2 is 2.21 bits per heavy atom. The number of ether oxygens (including phenoxy) is 1. The van der Waals surface area contributed by atoms with E-state index in [-0.39, 0.29) is 11.9 Å². The molecule has 5 nitrogen and oxygen atoms in total. The van der Waals surface area contributed by atoms with Gasteiger partial charge in [0.1, 0.15) is 5.69 Å². The fourth-order valence-corrected chi connectivity index (χ4v) is 2.37. The lowest BCUT2D eigenvalue weighted by Crippen LogP contribution is -2.36. The minimum Gasteiger partial charge on any atom is -0.461 e. The highest BCUT2D eigenvalue weighted by atomic mass is 16.5. The third kappa shape index (κ3) is 2.64. The molecule has 0 atom stereocenters. The molecule has 0 saturated carbocycles. The first-order valence-electron chi connectivity index (χ1n) is 6.86. The second kappa shape index (κ2) is 5.91. The molecule has 1 N–H and O–H groups in total. The zero-order valence-electron chi connectivity index (χ0n) is 11.5. The molecule has 0 spiro atoms. The van der Waals surface area contributed by atoms with E-state index in [4.69, 9.17) is 4.74 Å². The van der Waals surface area contributed by atoms with Crippen molar-refractivity contribution in [2.24, 2.45) is 0 Å². The van der Waals surface area contributed by atoms with Crippen molar-refractivity contribution in [3.8, 4) is 0 Å². The average molecular weight is 264 g/mol. The Hall–Kier alpha value is -1.78. The molecule has 1 aromatic rings. The smallest absolute Gasteiger partial charge is 0.356 e. The van der Waals surface area contributed by atoms with Gasteiger partial charge in [-0.3, -0.25) is 4.79 Å². The fraction of sp³-hybridized carbons (Fsp3) is 0.571. The Labute approximate surface area is 112 Å². The first kappa shape index (κ1) is 13.6. The molecule has 0 aromatic carbocycles. The molecule has 1 aromatic heterocycles. The number of aromatic nitrogens is 1. The van der Waals surface area contributed by atoms with Crippen molar-refractivity contribution in [1.82, 2.24) is 4.98 Å². The number of amides is 1. The van der Waals surface area contributed by atoms with Gasteiger partial charge in [-0.2, -0.15) is 0 Å². The van der Waals surface area contributed by atoms with Gasteiger partial charge in [-0.15, -0.1) is 0 Å².